The van der Waals surface area contributed by atoms with Crippen molar-refractivity contribution in [3.63, 3.8) is 0 Å². The summed E-state index contributed by atoms with van der Waals surface area (Å²) < 4.78 is 12.6. The summed E-state index contributed by atoms with van der Waals surface area (Å²) in [6.07, 6.45) is 0. The number of phenols is 2. The van der Waals surface area contributed by atoms with Crippen LogP contribution in [0.25, 0.3) is 0 Å². The summed E-state index contributed by atoms with van der Waals surface area (Å²) in [5.74, 6) is -0.0531. The molecule has 1 unspecified atom stereocenters. The molecule has 0 fully saturated rings. The van der Waals surface area contributed by atoms with Crippen molar-refractivity contribution in [2.24, 2.45) is 10.2 Å². The van der Waals surface area contributed by atoms with Gasteiger partial charge in [0.1, 0.15) is 22.9 Å². The van der Waals surface area contributed by atoms with E-state index in [1.54, 1.807) is 30.3 Å². The number of anilines is 1. The third kappa shape index (κ3) is 4.63. The van der Waals surface area contributed by atoms with Gasteiger partial charge < -0.3 is 15.9 Å². The lowest BCUT2D eigenvalue weighted by Gasteiger charge is -2.21. The fraction of sp³-hybridized carbons (Fsp3) is 0.182. The second-order valence-electron chi connectivity index (χ2n) is 7.61. The number of nitrogen functional groups attached to an aromatic ring is 1. The standard InChI is InChI=1S/C22H23N3O3S/c1-22(2,3)17-11-14(26)12-20(21(17)27)25-24-19-10-9-16(13-18(19)23)29(28)15-7-5-4-6-8-15/h4-13,26-27H,23H2,1-3H3. The van der Waals surface area contributed by atoms with Gasteiger partial charge in [0.15, 0.2) is 0 Å². The van der Waals surface area contributed by atoms with E-state index in [1.165, 1.54) is 12.1 Å². The van der Waals surface area contributed by atoms with Gasteiger partial charge in [0.2, 0.25) is 0 Å². The summed E-state index contributed by atoms with van der Waals surface area (Å²) in [6.45, 7) is 5.77. The van der Waals surface area contributed by atoms with Crippen molar-refractivity contribution in [1.29, 1.82) is 0 Å². The summed E-state index contributed by atoms with van der Waals surface area (Å²) in [4.78, 5) is 1.24. The highest BCUT2D eigenvalue weighted by molar-refractivity contribution is 7.85. The zero-order valence-corrected chi connectivity index (χ0v) is 17.3. The molecule has 0 saturated heterocycles. The number of hydrogen-bond donors (Lipinski definition) is 3. The van der Waals surface area contributed by atoms with Crippen LogP contribution in [0.1, 0.15) is 26.3 Å². The highest BCUT2D eigenvalue weighted by Gasteiger charge is 2.21. The fourth-order valence-corrected chi connectivity index (χ4v) is 3.88. The van der Waals surface area contributed by atoms with Crippen molar-refractivity contribution in [1.82, 2.24) is 0 Å². The van der Waals surface area contributed by atoms with Crippen LogP contribution in [0.5, 0.6) is 11.5 Å². The molecule has 0 radical (unpaired) electrons. The SMILES string of the molecule is CC(C)(C)c1cc(O)cc(N=Nc2ccc(S(=O)c3ccccc3)cc2N)c1O. The van der Waals surface area contributed by atoms with Gasteiger partial charge in [-0.05, 0) is 41.8 Å². The molecule has 0 heterocycles. The largest absolute Gasteiger partial charge is 0.508 e. The maximum Gasteiger partial charge on any atom is 0.147 e. The summed E-state index contributed by atoms with van der Waals surface area (Å²) in [7, 11) is -1.35. The maximum atomic E-state index is 12.6. The first-order valence-corrected chi connectivity index (χ1v) is 10.2. The Morgan fingerprint density at radius 2 is 1.52 bits per heavy atom. The van der Waals surface area contributed by atoms with E-state index in [0.29, 0.717) is 26.7 Å². The predicted octanol–water partition coefficient (Wildman–Crippen LogP) is 5.56. The molecule has 7 heteroatoms. The number of hydrogen-bond acceptors (Lipinski definition) is 6. The maximum absolute atomic E-state index is 12.6. The molecule has 0 amide bonds. The number of aromatic hydroxyl groups is 2. The van der Waals surface area contributed by atoms with Crippen LogP contribution in [0.2, 0.25) is 0 Å². The zero-order valence-electron chi connectivity index (χ0n) is 16.5. The molecule has 0 aliphatic heterocycles. The lowest BCUT2D eigenvalue weighted by atomic mass is 9.86. The Labute approximate surface area is 172 Å². The van der Waals surface area contributed by atoms with Crippen molar-refractivity contribution in [3.8, 4) is 11.5 Å². The Bertz CT molecular complexity index is 1090. The Hall–Kier alpha value is -3.19. The quantitative estimate of drug-likeness (QED) is 0.298. The number of benzene rings is 3. The number of phenolic OH excluding ortho intramolecular Hbond substituents is 2. The zero-order chi connectivity index (χ0) is 21.2. The summed E-state index contributed by atoms with van der Waals surface area (Å²) in [6, 6.07) is 16.8. The summed E-state index contributed by atoms with van der Waals surface area (Å²) in [5.41, 5.74) is 7.08. The van der Waals surface area contributed by atoms with E-state index < -0.39 is 10.8 Å². The molecule has 0 bridgehead atoms. The second kappa shape index (κ2) is 8.05. The lowest BCUT2D eigenvalue weighted by Crippen LogP contribution is -2.11. The van der Waals surface area contributed by atoms with Crippen LogP contribution in [0.15, 0.2) is 80.7 Å². The minimum Gasteiger partial charge on any atom is -0.508 e. The van der Waals surface area contributed by atoms with Crippen LogP contribution < -0.4 is 5.73 Å². The van der Waals surface area contributed by atoms with E-state index in [1.807, 2.05) is 39.0 Å². The van der Waals surface area contributed by atoms with E-state index in [-0.39, 0.29) is 22.6 Å². The smallest absolute Gasteiger partial charge is 0.147 e. The van der Waals surface area contributed by atoms with Gasteiger partial charge in [-0.1, -0.05) is 39.0 Å². The van der Waals surface area contributed by atoms with E-state index in [2.05, 4.69) is 10.2 Å². The lowest BCUT2D eigenvalue weighted by molar-refractivity contribution is 0.436. The molecule has 4 N–H and O–H groups in total. The van der Waals surface area contributed by atoms with Crippen molar-refractivity contribution in [2.75, 3.05) is 5.73 Å². The van der Waals surface area contributed by atoms with Crippen LogP contribution >= 0.6 is 0 Å². The number of rotatable bonds is 4. The number of nitrogens with zero attached hydrogens (tertiary/aromatic N) is 2. The molecule has 0 aromatic heterocycles. The molecule has 150 valence electrons. The van der Waals surface area contributed by atoms with Crippen LogP contribution in [-0.4, -0.2) is 14.4 Å². The van der Waals surface area contributed by atoms with E-state index in [9.17, 15) is 14.4 Å². The van der Waals surface area contributed by atoms with Gasteiger partial charge >= 0.3 is 0 Å². The molecule has 3 aromatic carbocycles. The molecule has 0 spiro atoms. The molecule has 29 heavy (non-hydrogen) atoms. The van der Waals surface area contributed by atoms with Crippen molar-refractivity contribution in [2.45, 2.75) is 36.0 Å². The molecule has 6 nitrogen and oxygen atoms in total. The summed E-state index contributed by atoms with van der Waals surface area (Å²) >= 11 is 0. The molecule has 0 aliphatic rings. The van der Waals surface area contributed by atoms with E-state index in [4.69, 9.17) is 5.73 Å². The van der Waals surface area contributed by atoms with Gasteiger partial charge in [0.25, 0.3) is 0 Å². The van der Waals surface area contributed by atoms with Gasteiger partial charge in [-0.3, -0.25) is 0 Å². The predicted molar refractivity (Wildman–Crippen MR) is 115 cm³/mol. The van der Waals surface area contributed by atoms with Gasteiger partial charge in [0.05, 0.1) is 16.5 Å². The minimum atomic E-state index is -1.35. The van der Waals surface area contributed by atoms with Crippen molar-refractivity contribution >= 4 is 27.9 Å². The molecule has 0 saturated carbocycles. The molecule has 0 aliphatic carbocycles. The average molecular weight is 410 g/mol. The van der Waals surface area contributed by atoms with Gasteiger partial charge in [-0.2, -0.15) is 0 Å². The molecular formula is C22H23N3O3S. The third-order valence-corrected chi connectivity index (χ3v) is 5.70. The highest BCUT2D eigenvalue weighted by Crippen LogP contribution is 2.41. The molecule has 3 aromatic rings. The first kappa shape index (κ1) is 20.5. The number of nitrogens with two attached hydrogens (primary N) is 1. The first-order chi connectivity index (χ1) is 13.7. The van der Waals surface area contributed by atoms with Crippen LogP contribution in [-0.2, 0) is 16.2 Å². The van der Waals surface area contributed by atoms with Crippen LogP contribution in [0, 0.1) is 0 Å². The van der Waals surface area contributed by atoms with Crippen molar-refractivity contribution in [3.05, 3.63) is 66.2 Å². The Kier molecular flexibility index (Phi) is 5.70. The van der Waals surface area contributed by atoms with Gasteiger partial charge in [0, 0.05) is 21.4 Å². The average Bonchev–Trinajstić information content (AvgIpc) is 2.68. The monoisotopic (exact) mass is 409 g/mol. The van der Waals surface area contributed by atoms with E-state index in [0.717, 1.165) is 0 Å². The molecular weight excluding hydrogens is 386 g/mol. The van der Waals surface area contributed by atoms with Crippen LogP contribution in [0.3, 0.4) is 0 Å². The van der Waals surface area contributed by atoms with E-state index >= 15 is 0 Å². The first-order valence-electron chi connectivity index (χ1n) is 9.01. The third-order valence-electron chi connectivity index (χ3n) is 4.32. The normalized spacial score (nSPS) is 12.9. The minimum absolute atomic E-state index is 0.0109. The highest BCUT2D eigenvalue weighted by atomic mass is 32.2. The Balaban J connectivity index is 1.91. The Morgan fingerprint density at radius 3 is 2.14 bits per heavy atom. The van der Waals surface area contributed by atoms with Gasteiger partial charge in [-0.25, -0.2) is 4.21 Å². The van der Waals surface area contributed by atoms with Crippen molar-refractivity contribution < 1.29 is 14.4 Å². The fourth-order valence-electron chi connectivity index (χ4n) is 2.78. The molecule has 3 rings (SSSR count). The number of azo groups is 1. The second-order valence-corrected chi connectivity index (χ2v) is 9.09. The molecule has 1 atom stereocenters. The topological polar surface area (TPSA) is 108 Å². The Morgan fingerprint density at radius 1 is 0.862 bits per heavy atom. The van der Waals surface area contributed by atoms with Gasteiger partial charge in [-0.15, -0.1) is 10.2 Å². The van der Waals surface area contributed by atoms with Crippen LogP contribution in [0.4, 0.5) is 17.1 Å². The summed E-state index contributed by atoms with van der Waals surface area (Å²) in [5, 5.41) is 28.6.